The van der Waals surface area contributed by atoms with Gasteiger partial charge in [0.25, 0.3) is 0 Å². The van der Waals surface area contributed by atoms with Gasteiger partial charge in [0, 0.05) is 12.8 Å². The van der Waals surface area contributed by atoms with Gasteiger partial charge >= 0.3 is 27.6 Å². The summed E-state index contributed by atoms with van der Waals surface area (Å²) in [5, 5.41) is 19.5. The van der Waals surface area contributed by atoms with Crippen LogP contribution >= 0.6 is 15.6 Å². The molecule has 0 aromatic heterocycles. The highest BCUT2D eigenvalue weighted by Gasteiger charge is 2.28. The maximum absolute atomic E-state index is 12.6. The van der Waals surface area contributed by atoms with Crippen molar-refractivity contribution in [3.05, 3.63) is 134 Å². The van der Waals surface area contributed by atoms with Crippen LogP contribution in [-0.2, 0) is 41.8 Å². The molecule has 0 radical (unpaired) electrons. The van der Waals surface area contributed by atoms with Crippen molar-refractivity contribution in [2.45, 2.75) is 128 Å². The zero-order valence-electron chi connectivity index (χ0n) is 37.7. The quantitative estimate of drug-likeness (QED) is 0.0127. The summed E-state index contributed by atoms with van der Waals surface area (Å²) in [6, 6.07) is 0. The molecule has 2 unspecified atom stereocenters. The van der Waals surface area contributed by atoms with E-state index in [0.29, 0.717) is 32.1 Å². The number of phosphoric acid groups is 2. The van der Waals surface area contributed by atoms with Crippen molar-refractivity contribution in [2.24, 2.45) is 0 Å². The Labute approximate surface area is 381 Å². The molecule has 0 rings (SSSR count). The zero-order chi connectivity index (χ0) is 47.4. The number of hydrogen-bond acceptors (Lipinski definition) is 11. The fraction of sp³-hybridized carbons (Fsp3) is 0.500. The highest BCUT2D eigenvalue weighted by molar-refractivity contribution is 7.47. The number of hydrogen-bond donors (Lipinski definition) is 5. The van der Waals surface area contributed by atoms with Crippen LogP contribution in [0, 0.1) is 0 Å². The third kappa shape index (κ3) is 44.8. The van der Waals surface area contributed by atoms with Crippen molar-refractivity contribution in [1.29, 1.82) is 0 Å². The fourth-order valence-electron chi connectivity index (χ4n) is 4.84. The number of ether oxygens (including phenoxy) is 2. The van der Waals surface area contributed by atoms with E-state index in [2.05, 4.69) is 70.7 Å². The van der Waals surface area contributed by atoms with Gasteiger partial charge in [0.05, 0.1) is 25.9 Å². The van der Waals surface area contributed by atoms with Crippen molar-refractivity contribution in [2.75, 3.05) is 26.4 Å². The Morgan fingerprint density at radius 1 is 0.516 bits per heavy atom. The predicted octanol–water partition coefficient (Wildman–Crippen LogP) is 10.4. The molecule has 0 heterocycles. The predicted molar refractivity (Wildman–Crippen MR) is 254 cm³/mol. The van der Waals surface area contributed by atoms with Crippen molar-refractivity contribution in [3.8, 4) is 0 Å². The highest BCUT2D eigenvalue weighted by Crippen LogP contribution is 2.43. The van der Waals surface area contributed by atoms with Crippen LogP contribution in [0.5, 0.6) is 0 Å². The van der Waals surface area contributed by atoms with E-state index in [4.69, 9.17) is 23.8 Å². The second kappa shape index (κ2) is 41.9. The monoisotopic (exact) mass is 936 g/mol. The lowest BCUT2D eigenvalue weighted by molar-refractivity contribution is -0.161. The first-order valence-electron chi connectivity index (χ1n) is 22.0. The molecule has 16 heteroatoms. The summed E-state index contributed by atoms with van der Waals surface area (Å²) in [5.74, 6) is -1.24. The summed E-state index contributed by atoms with van der Waals surface area (Å²) < 4.78 is 47.6. The van der Waals surface area contributed by atoms with Gasteiger partial charge in [-0.1, -0.05) is 148 Å². The van der Waals surface area contributed by atoms with E-state index in [-0.39, 0.29) is 12.8 Å². The van der Waals surface area contributed by atoms with Crippen LogP contribution in [0.2, 0.25) is 0 Å². The minimum Gasteiger partial charge on any atom is -0.462 e. The van der Waals surface area contributed by atoms with Gasteiger partial charge in [-0.15, -0.1) is 0 Å². The number of carbonyl (C=O) groups excluding carboxylic acids is 2. The molecule has 64 heavy (non-hydrogen) atoms. The molecular formula is C48H74O14P2. The maximum Gasteiger partial charge on any atom is 0.472 e. The Morgan fingerprint density at radius 2 is 0.984 bits per heavy atom. The third-order valence-electron chi connectivity index (χ3n) is 8.11. The summed E-state index contributed by atoms with van der Waals surface area (Å²) in [5.41, 5.74) is 0. The van der Waals surface area contributed by atoms with Gasteiger partial charge in [0.15, 0.2) is 6.10 Å². The second-order valence-corrected chi connectivity index (χ2v) is 16.7. The number of esters is 2. The smallest absolute Gasteiger partial charge is 0.462 e. The molecule has 0 aliphatic carbocycles. The Hall–Kier alpha value is -3.78. The molecule has 4 atom stereocenters. The lowest BCUT2D eigenvalue weighted by Gasteiger charge is -2.20. The molecule has 0 aliphatic heterocycles. The minimum absolute atomic E-state index is 0.0234. The van der Waals surface area contributed by atoms with Crippen LogP contribution in [-0.4, -0.2) is 81.6 Å². The van der Waals surface area contributed by atoms with Crippen molar-refractivity contribution >= 4 is 27.6 Å². The van der Waals surface area contributed by atoms with Gasteiger partial charge in [-0.25, -0.2) is 9.13 Å². The van der Waals surface area contributed by atoms with Crippen LogP contribution in [0.4, 0.5) is 0 Å². The molecule has 0 spiro atoms. The third-order valence-corrected chi connectivity index (χ3v) is 9.55. The first-order valence-corrected chi connectivity index (χ1v) is 25.0. The molecule has 0 amide bonds. The Morgan fingerprint density at radius 3 is 1.53 bits per heavy atom. The van der Waals surface area contributed by atoms with Gasteiger partial charge in [0.2, 0.25) is 0 Å². The second-order valence-electron chi connectivity index (χ2n) is 14.1. The van der Waals surface area contributed by atoms with Gasteiger partial charge in [-0.05, 0) is 83.5 Å². The summed E-state index contributed by atoms with van der Waals surface area (Å²) >= 11 is 0. The molecule has 0 aliphatic rings. The number of allylic oxidation sites excluding steroid dienone is 20. The molecule has 0 fully saturated rings. The van der Waals surface area contributed by atoms with E-state index >= 15 is 0 Å². The molecule has 360 valence electrons. The first kappa shape index (κ1) is 60.2. The van der Waals surface area contributed by atoms with Crippen molar-refractivity contribution < 1.29 is 66.7 Å². The van der Waals surface area contributed by atoms with Crippen LogP contribution < -0.4 is 0 Å². The average molecular weight is 937 g/mol. The van der Waals surface area contributed by atoms with E-state index in [1.54, 1.807) is 6.08 Å². The maximum atomic E-state index is 12.6. The molecule has 0 saturated heterocycles. The lowest BCUT2D eigenvalue weighted by atomic mass is 10.2. The van der Waals surface area contributed by atoms with Crippen molar-refractivity contribution in [1.82, 2.24) is 0 Å². The number of phosphoric ester groups is 2. The van der Waals surface area contributed by atoms with Crippen LogP contribution in [0.15, 0.2) is 134 Å². The van der Waals surface area contributed by atoms with Gasteiger partial charge in [0.1, 0.15) is 12.7 Å². The molecule has 0 aromatic rings. The summed E-state index contributed by atoms with van der Waals surface area (Å²) in [4.78, 5) is 52.7. The largest absolute Gasteiger partial charge is 0.472 e. The number of carbonyl (C=O) groups is 2. The molecule has 0 aromatic carbocycles. The molecule has 14 nitrogen and oxygen atoms in total. The summed E-state index contributed by atoms with van der Waals surface area (Å²) in [6.45, 7) is 1.22. The molecule has 5 N–H and O–H groups in total. The van der Waals surface area contributed by atoms with E-state index in [1.807, 2.05) is 79.8 Å². The number of aliphatic hydroxyl groups is 2. The molecule has 0 bridgehead atoms. The number of aliphatic hydroxyl groups excluding tert-OH is 2. The fourth-order valence-corrected chi connectivity index (χ4v) is 6.00. The Balaban J connectivity index is 4.78. The molecular weight excluding hydrogens is 862 g/mol. The van der Waals surface area contributed by atoms with E-state index in [0.717, 1.165) is 51.4 Å². The number of unbranched alkanes of at least 4 members (excludes halogenated alkanes) is 1. The van der Waals surface area contributed by atoms with E-state index in [9.17, 15) is 33.8 Å². The first-order chi connectivity index (χ1) is 30.8. The Kier molecular flexibility index (Phi) is 39.4. The zero-order valence-corrected chi connectivity index (χ0v) is 39.5. The van der Waals surface area contributed by atoms with Gasteiger partial charge in [-0.2, -0.15) is 0 Å². The normalized spacial score (nSPS) is 15.7. The van der Waals surface area contributed by atoms with Gasteiger partial charge < -0.3 is 34.4 Å². The van der Waals surface area contributed by atoms with Crippen molar-refractivity contribution in [3.63, 3.8) is 0 Å². The SMILES string of the molecule is CC/C=C\C/C=C\C/C=C\C/C=C\C/C=C\C/C=C\CCC(=O)O[C@H](COC(=O)CCC/C=C\C/C=C\C/C=C\C=C\CC(O)/C=C\CC)COP(=O)(O)OC[C@@H](O)COP(=O)(O)O. The van der Waals surface area contributed by atoms with Gasteiger partial charge in [-0.3, -0.25) is 23.2 Å². The Bertz CT molecular complexity index is 1650. The van der Waals surface area contributed by atoms with E-state index in [1.165, 1.54) is 0 Å². The lowest BCUT2D eigenvalue weighted by Crippen LogP contribution is -2.29. The summed E-state index contributed by atoms with van der Waals surface area (Å²) in [7, 11) is -9.75. The van der Waals surface area contributed by atoms with Crippen LogP contribution in [0.1, 0.15) is 110 Å². The highest BCUT2D eigenvalue weighted by atomic mass is 31.2. The minimum atomic E-state index is -4.89. The standard InChI is InChI=1S/C48H74O14P2/c1-3-5-7-8-9-10-11-12-13-14-15-16-17-18-23-26-29-32-35-39-48(52)62-46(43-61-64(56,57)60-41-45(50)40-59-63(53,54)55)42-58-47(51)38-34-31-28-25-22-20-19-21-24-27-30-33-37-44(49)36-6-4-2/h5-7,9-10,12-13,15-16,18-20,23-25,27-30,32-33,36,44-46,49-50H,3-4,8,11,14,17,21-22,26,31,34-35,37-43H2,1-2H3,(H,56,57)(H2,53,54,55)/b7-5-,10-9-,13-12-,16-15-,20-19-,23-18-,27-24-,28-25-,32-29-,33-30+,36-6-/t44?,45-,46+/m0/s1. The topological polar surface area (TPSA) is 216 Å². The average Bonchev–Trinajstić information content (AvgIpc) is 3.25. The summed E-state index contributed by atoms with van der Waals surface area (Å²) in [6.07, 6.45) is 50.9. The molecule has 0 saturated carbocycles. The number of rotatable bonds is 39. The van der Waals surface area contributed by atoms with Crippen LogP contribution in [0.25, 0.3) is 0 Å². The van der Waals surface area contributed by atoms with Crippen LogP contribution in [0.3, 0.4) is 0 Å². The van der Waals surface area contributed by atoms with E-state index < -0.39 is 72.3 Å².